The van der Waals surface area contributed by atoms with Crippen LogP contribution < -0.4 is 20.1 Å². The van der Waals surface area contributed by atoms with E-state index in [4.69, 9.17) is 9.47 Å². The predicted molar refractivity (Wildman–Crippen MR) is 126 cm³/mol. The molecule has 0 radical (unpaired) electrons. The molecule has 3 aromatic carbocycles. The van der Waals surface area contributed by atoms with Crippen molar-refractivity contribution in [2.45, 2.75) is 13.3 Å². The fraction of sp³-hybridized carbons (Fsp3) is 0.192. The number of hydrogen-bond acceptors (Lipinski definition) is 4. The lowest BCUT2D eigenvalue weighted by Gasteiger charge is -2.11. The highest BCUT2D eigenvalue weighted by molar-refractivity contribution is 5.93. The van der Waals surface area contributed by atoms with Gasteiger partial charge in [-0.15, -0.1) is 0 Å². The molecule has 0 aromatic heterocycles. The van der Waals surface area contributed by atoms with Crippen LogP contribution in [0.15, 0.2) is 91.0 Å². The van der Waals surface area contributed by atoms with Gasteiger partial charge < -0.3 is 20.1 Å². The molecule has 0 aliphatic carbocycles. The van der Waals surface area contributed by atoms with Gasteiger partial charge in [0.05, 0.1) is 13.2 Å². The number of benzene rings is 3. The summed E-state index contributed by atoms with van der Waals surface area (Å²) in [4.78, 5) is 12.3. The van der Waals surface area contributed by atoms with Crippen molar-refractivity contribution in [2.75, 3.05) is 30.4 Å². The summed E-state index contributed by atoms with van der Waals surface area (Å²) in [5, 5.41) is 5.98. The van der Waals surface area contributed by atoms with Crippen LogP contribution in [-0.2, 0) is 11.2 Å². The van der Waals surface area contributed by atoms with Crippen LogP contribution in [0.5, 0.6) is 11.5 Å². The first-order valence-electron chi connectivity index (χ1n) is 10.3. The van der Waals surface area contributed by atoms with Gasteiger partial charge >= 0.3 is 0 Å². The maximum absolute atomic E-state index is 12.3. The van der Waals surface area contributed by atoms with Gasteiger partial charge in [0.2, 0.25) is 5.91 Å². The molecule has 3 aromatic rings. The van der Waals surface area contributed by atoms with Gasteiger partial charge in [-0.1, -0.05) is 43.0 Å². The monoisotopic (exact) mass is 416 g/mol. The fourth-order valence-electron chi connectivity index (χ4n) is 2.86. The molecule has 0 saturated carbocycles. The Morgan fingerprint density at radius 3 is 2.39 bits per heavy atom. The van der Waals surface area contributed by atoms with Crippen molar-refractivity contribution in [3.05, 3.63) is 96.6 Å². The van der Waals surface area contributed by atoms with E-state index in [2.05, 4.69) is 29.3 Å². The zero-order valence-corrected chi connectivity index (χ0v) is 17.8. The molecule has 5 heteroatoms. The summed E-state index contributed by atoms with van der Waals surface area (Å²) in [6, 6.07) is 25.1. The van der Waals surface area contributed by atoms with E-state index in [0.717, 1.165) is 34.9 Å². The largest absolute Gasteiger partial charge is 0.493 e. The second-order valence-corrected chi connectivity index (χ2v) is 7.28. The number of carbonyl (C=O) groups excluding carboxylic acids is 1. The lowest BCUT2D eigenvalue weighted by atomic mass is 10.2. The standard InChI is InChI=1S/C26H28N2O3/c1-20(2)19-31-25-10-6-9-23(17-25)27-18-26(29)28-22-11-13-24(14-12-22)30-16-15-21-7-4-3-5-8-21/h3-14,17,27H,1,15-16,18-19H2,2H3,(H,28,29). The summed E-state index contributed by atoms with van der Waals surface area (Å²) in [5.41, 5.74) is 3.73. The van der Waals surface area contributed by atoms with Crippen LogP contribution in [-0.4, -0.2) is 25.7 Å². The normalized spacial score (nSPS) is 10.2. The van der Waals surface area contributed by atoms with Crippen molar-refractivity contribution in [3.8, 4) is 11.5 Å². The van der Waals surface area contributed by atoms with E-state index in [1.807, 2.05) is 73.7 Å². The Morgan fingerprint density at radius 2 is 1.65 bits per heavy atom. The first-order valence-corrected chi connectivity index (χ1v) is 10.3. The summed E-state index contributed by atoms with van der Waals surface area (Å²) in [6.07, 6.45) is 0.852. The van der Waals surface area contributed by atoms with Crippen molar-refractivity contribution >= 4 is 17.3 Å². The van der Waals surface area contributed by atoms with E-state index in [-0.39, 0.29) is 12.5 Å². The van der Waals surface area contributed by atoms with Crippen LogP contribution in [0, 0.1) is 0 Å². The summed E-state index contributed by atoms with van der Waals surface area (Å²) in [7, 11) is 0. The minimum atomic E-state index is -0.133. The molecule has 31 heavy (non-hydrogen) atoms. The molecule has 0 spiro atoms. The average Bonchev–Trinajstić information content (AvgIpc) is 2.78. The highest BCUT2D eigenvalue weighted by Gasteiger charge is 2.04. The second kappa shape index (κ2) is 11.5. The van der Waals surface area contributed by atoms with Gasteiger partial charge in [-0.2, -0.15) is 0 Å². The van der Waals surface area contributed by atoms with Crippen LogP contribution >= 0.6 is 0 Å². The first kappa shape index (κ1) is 22.0. The van der Waals surface area contributed by atoms with Crippen LogP contribution in [0.2, 0.25) is 0 Å². The van der Waals surface area contributed by atoms with Crippen LogP contribution in [0.25, 0.3) is 0 Å². The fourth-order valence-corrected chi connectivity index (χ4v) is 2.86. The van der Waals surface area contributed by atoms with Gasteiger partial charge in [0.25, 0.3) is 0 Å². The topological polar surface area (TPSA) is 59.6 Å². The molecule has 1 amide bonds. The third-order valence-electron chi connectivity index (χ3n) is 4.41. The molecule has 3 rings (SSSR count). The third-order valence-corrected chi connectivity index (χ3v) is 4.41. The quantitative estimate of drug-likeness (QED) is 0.416. The highest BCUT2D eigenvalue weighted by Crippen LogP contribution is 2.18. The highest BCUT2D eigenvalue weighted by atomic mass is 16.5. The Kier molecular flexibility index (Phi) is 8.12. The Labute approximate surface area is 183 Å². The molecule has 0 bridgehead atoms. The minimum Gasteiger partial charge on any atom is -0.493 e. The van der Waals surface area contributed by atoms with E-state index in [9.17, 15) is 4.79 Å². The Bertz CT molecular complexity index is 985. The van der Waals surface area contributed by atoms with Gasteiger partial charge in [-0.25, -0.2) is 0 Å². The van der Waals surface area contributed by atoms with Crippen molar-refractivity contribution in [3.63, 3.8) is 0 Å². The molecule has 5 nitrogen and oxygen atoms in total. The summed E-state index contributed by atoms with van der Waals surface area (Å²) in [6.45, 7) is 6.96. The Morgan fingerprint density at radius 1 is 0.871 bits per heavy atom. The molecule has 0 heterocycles. The van der Waals surface area contributed by atoms with E-state index in [1.54, 1.807) is 0 Å². The SMILES string of the molecule is C=C(C)COc1cccc(NCC(=O)Nc2ccc(OCCc3ccccc3)cc2)c1. The molecule has 0 aliphatic heterocycles. The number of nitrogens with one attached hydrogen (secondary N) is 2. The van der Waals surface area contributed by atoms with E-state index in [0.29, 0.717) is 13.2 Å². The summed E-state index contributed by atoms with van der Waals surface area (Å²) >= 11 is 0. The summed E-state index contributed by atoms with van der Waals surface area (Å²) < 4.78 is 11.4. The minimum absolute atomic E-state index is 0.133. The number of amides is 1. The lowest BCUT2D eigenvalue weighted by molar-refractivity contribution is -0.114. The summed E-state index contributed by atoms with van der Waals surface area (Å²) in [5.74, 6) is 1.38. The van der Waals surface area contributed by atoms with E-state index >= 15 is 0 Å². The number of ether oxygens (including phenoxy) is 2. The van der Waals surface area contributed by atoms with E-state index < -0.39 is 0 Å². The first-order chi connectivity index (χ1) is 15.1. The third kappa shape index (κ3) is 7.90. The van der Waals surface area contributed by atoms with Crippen LogP contribution in [0.1, 0.15) is 12.5 Å². The molecule has 0 fully saturated rings. The zero-order chi connectivity index (χ0) is 21.9. The van der Waals surface area contributed by atoms with Crippen molar-refractivity contribution in [2.24, 2.45) is 0 Å². The molecule has 0 aliphatic rings. The van der Waals surface area contributed by atoms with Crippen molar-refractivity contribution in [1.82, 2.24) is 0 Å². The van der Waals surface area contributed by atoms with Crippen molar-refractivity contribution in [1.29, 1.82) is 0 Å². The Balaban J connectivity index is 1.41. The molecule has 0 unspecified atom stereocenters. The molecule has 0 atom stereocenters. The molecule has 2 N–H and O–H groups in total. The van der Waals surface area contributed by atoms with Gasteiger partial charge in [-0.3, -0.25) is 4.79 Å². The zero-order valence-electron chi connectivity index (χ0n) is 17.8. The van der Waals surface area contributed by atoms with Crippen molar-refractivity contribution < 1.29 is 14.3 Å². The number of carbonyl (C=O) groups is 1. The molecular weight excluding hydrogens is 388 g/mol. The maximum atomic E-state index is 12.3. The smallest absolute Gasteiger partial charge is 0.243 e. The molecule has 0 saturated heterocycles. The number of anilines is 2. The molecule has 160 valence electrons. The van der Waals surface area contributed by atoms with Gasteiger partial charge in [0, 0.05) is 23.9 Å². The Hall–Kier alpha value is -3.73. The predicted octanol–water partition coefficient (Wildman–Crippen LogP) is 5.31. The van der Waals surface area contributed by atoms with Gasteiger partial charge in [0.1, 0.15) is 18.1 Å². The van der Waals surface area contributed by atoms with Gasteiger partial charge in [-0.05, 0) is 54.5 Å². The van der Waals surface area contributed by atoms with Gasteiger partial charge in [0.15, 0.2) is 0 Å². The second-order valence-electron chi connectivity index (χ2n) is 7.28. The average molecular weight is 417 g/mol. The molecular formula is C26H28N2O3. The number of rotatable bonds is 11. The van der Waals surface area contributed by atoms with Crippen LogP contribution in [0.4, 0.5) is 11.4 Å². The lowest BCUT2D eigenvalue weighted by Crippen LogP contribution is -2.21. The van der Waals surface area contributed by atoms with E-state index in [1.165, 1.54) is 5.56 Å². The number of hydrogen-bond donors (Lipinski definition) is 2. The van der Waals surface area contributed by atoms with Crippen LogP contribution in [0.3, 0.4) is 0 Å². The maximum Gasteiger partial charge on any atom is 0.243 e.